The molecule has 30 heavy (non-hydrogen) atoms. The highest BCUT2D eigenvalue weighted by atomic mass is 16.2. The minimum atomic E-state index is 0.0664. The maximum atomic E-state index is 13.4. The van der Waals surface area contributed by atoms with Gasteiger partial charge in [0.2, 0.25) is 0 Å². The fraction of sp³-hybridized carbons (Fsp3) is 0.522. The van der Waals surface area contributed by atoms with E-state index in [0.29, 0.717) is 12.2 Å². The number of rotatable bonds is 6. The van der Waals surface area contributed by atoms with E-state index in [9.17, 15) is 4.79 Å². The van der Waals surface area contributed by atoms with Crippen LogP contribution in [0.2, 0.25) is 0 Å². The molecule has 7 nitrogen and oxygen atoms in total. The van der Waals surface area contributed by atoms with Gasteiger partial charge in [0.15, 0.2) is 5.69 Å². The number of hydrogen-bond acceptors (Lipinski definition) is 4. The number of pyridine rings is 1. The number of nitrogens with zero attached hydrogens (tertiary/aromatic N) is 6. The van der Waals surface area contributed by atoms with Crippen LogP contribution in [0, 0.1) is 6.92 Å². The quantitative estimate of drug-likeness (QED) is 0.626. The third-order valence-corrected chi connectivity index (χ3v) is 5.95. The third-order valence-electron chi connectivity index (χ3n) is 5.95. The van der Waals surface area contributed by atoms with Gasteiger partial charge in [-0.05, 0) is 51.4 Å². The summed E-state index contributed by atoms with van der Waals surface area (Å²) in [4.78, 5) is 26.9. The van der Waals surface area contributed by atoms with E-state index in [1.807, 2.05) is 29.6 Å². The second-order valence-corrected chi connectivity index (χ2v) is 8.35. The molecule has 0 radical (unpaired) electrons. The molecule has 1 fully saturated rings. The molecular weight excluding hydrogens is 376 g/mol. The first-order valence-corrected chi connectivity index (χ1v) is 11.0. The third kappa shape index (κ3) is 4.26. The average Bonchev–Trinajstić information content (AvgIpc) is 3.20. The summed E-state index contributed by atoms with van der Waals surface area (Å²) in [6.45, 7) is 8.09. The van der Waals surface area contributed by atoms with Gasteiger partial charge in [0, 0.05) is 44.8 Å². The van der Waals surface area contributed by atoms with Crippen LogP contribution in [0.15, 0.2) is 30.7 Å². The SMILES string of the molecule is CCn1ccnc1CN(C)Cc1c(C(=O)N2CCCCCC2)nc2cc(C)ccn12. The molecule has 160 valence electrons. The number of aryl methyl sites for hydroxylation is 2. The van der Waals surface area contributed by atoms with Gasteiger partial charge in [-0.3, -0.25) is 9.69 Å². The molecule has 4 rings (SSSR count). The van der Waals surface area contributed by atoms with Gasteiger partial charge in [0.05, 0.1) is 12.2 Å². The molecule has 0 atom stereocenters. The fourth-order valence-corrected chi connectivity index (χ4v) is 4.28. The lowest BCUT2D eigenvalue weighted by Crippen LogP contribution is -2.33. The Morgan fingerprint density at radius 1 is 1.13 bits per heavy atom. The molecule has 0 bridgehead atoms. The summed E-state index contributed by atoms with van der Waals surface area (Å²) in [6, 6.07) is 4.12. The Balaban J connectivity index is 1.64. The van der Waals surface area contributed by atoms with E-state index in [1.54, 1.807) is 0 Å². The van der Waals surface area contributed by atoms with Crippen molar-refractivity contribution in [1.29, 1.82) is 0 Å². The Morgan fingerprint density at radius 3 is 2.63 bits per heavy atom. The number of hydrogen-bond donors (Lipinski definition) is 0. The van der Waals surface area contributed by atoms with Gasteiger partial charge < -0.3 is 13.9 Å². The van der Waals surface area contributed by atoms with E-state index in [4.69, 9.17) is 4.98 Å². The Bertz CT molecular complexity index is 1010. The number of aromatic nitrogens is 4. The lowest BCUT2D eigenvalue weighted by atomic mass is 10.2. The number of carbonyl (C=O) groups excluding carboxylic acids is 1. The van der Waals surface area contributed by atoms with Crippen LogP contribution in [0.1, 0.15) is 60.2 Å². The van der Waals surface area contributed by atoms with Crippen molar-refractivity contribution in [1.82, 2.24) is 28.7 Å². The summed E-state index contributed by atoms with van der Waals surface area (Å²) in [5.41, 5.74) is 3.53. The molecule has 4 heterocycles. The zero-order chi connectivity index (χ0) is 21.1. The van der Waals surface area contributed by atoms with Crippen LogP contribution < -0.4 is 0 Å². The Kier molecular flexibility index (Phi) is 6.18. The molecule has 0 saturated carbocycles. The standard InChI is InChI=1S/C23H32N6O/c1-4-27-14-10-24-21(27)17-26(3)16-19-22(23(30)28-11-7-5-6-8-12-28)25-20-15-18(2)9-13-29(19)20/h9-10,13-15H,4-8,11-12,16-17H2,1-3H3. The first-order valence-electron chi connectivity index (χ1n) is 11.0. The first-order chi connectivity index (χ1) is 14.6. The minimum absolute atomic E-state index is 0.0664. The largest absolute Gasteiger partial charge is 0.337 e. The molecule has 1 aliphatic heterocycles. The lowest BCUT2D eigenvalue weighted by molar-refractivity contribution is 0.0754. The lowest BCUT2D eigenvalue weighted by Gasteiger charge is -2.21. The normalized spacial score (nSPS) is 15.1. The maximum absolute atomic E-state index is 13.4. The maximum Gasteiger partial charge on any atom is 0.274 e. The molecule has 0 aromatic carbocycles. The fourth-order valence-electron chi connectivity index (χ4n) is 4.28. The van der Waals surface area contributed by atoms with E-state index in [1.165, 1.54) is 12.8 Å². The molecule has 7 heteroatoms. The first kappa shape index (κ1) is 20.6. The Labute approximate surface area is 178 Å². The highest BCUT2D eigenvalue weighted by molar-refractivity contribution is 5.94. The van der Waals surface area contributed by atoms with Crippen LogP contribution >= 0.6 is 0 Å². The van der Waals surface area contributed by atoms with Gasteiger partial charge in [-0.15, -0.1) is 0 Å². The molecular formula is C23H32N6O. The van der Waals surface area contributed by atoms with Crippen molar-refractivity contribution in [3.05, 3.63) is 53.5 Å². The zero-order valence-electron chi connectivity index (χ0n) is 18.3. The summed E-state index contributed by atoms with van der Waals surface area (Å²) in [5.74, 6) is 1.10. The van der Waals surface area contributed by atoms with Crippen molar-refractivity contribution >= 4 is 11.6 Å². The number of amides is 1. The molecule has 0 aliphatic carbocycles. The molecule has 3 aromatic rings. The number of imidazole rings is 2. The van der Waals surface area contributed by atoms with Crippen LogP contribution in [0.3, 0.4) is 0 Å². The van der Waals surface area contributed by atoms with Gasteiger partial charge in [-0.2, -0.15) is 0 Å². The van der Waals surface area contributed by atoms with Crippen molar-refractivity contribution in [3.8, 4) is 0 Å². The number of carbonyl (C=O) groups is 1. The van der Waals surface area contributed by atoms with Crippen molar-refractivity contribution in [3.63, 3.8) is 0 Å². The van der Waals surface area contributed by atoms with Crippen molar-refractivity contribution in [2.24, 2.45) is 0 Å². The topological polar surface area (TPSA) is 58.7 Å². The van der Waals surface area contributed by atoms with E-state index in [0.717, 1.165) is 61.7 Å². The smallest absolute Gasteiger partial charge is 0.274 e. The molecule has 1 amide bonds. The molecule has 0 unspecified atom stereocenters. The van der Waals surface area contributed by atoms with Gasteiger partial charge in [-0.1, -0.05) is 12.8 Å². The average molecular weight is 409 g/mol. The van der Waals surface area contributed by atoms with Crippen LogP contribution in [-0.2, 0) is 19.6 Å². The summed E-state index contributed by atoms with van der Waals surface area (Å²) in [7, 11) is 2.07. The predicted octanol–water partition coefficient (Wildman–Crippen LogP) is 3.51. The zero-order valence-corrected chi connectivity index (χ0v) is 18.3. The van der Waals surface area contributed by atoms with E-state index >= 15 is 0 Å². The molecule has 0 spiro atoms. The van der Waals surface area contributed by atoms with Gasteiger partial charge >= 0.3 is 0 Å². The van der Waals surface area contributed by atoms with Gasteiger partial charge in [0.1, 0.15) is 11.5 Å². The molecule has 1 aliphatic rings. The van der Waals surface area contributed by atoms with Crippen molar-refractivity contribution in [2.75, 3.05) is 20.1 Å². The van der Waals surface area contributed by atoms with Crippen LogP contribution in [-0.4, -0.2) is 54.8 Å². The van der Waals surface area contributed by atoms with Gasteiger partial charge in [0.25, 0.3) is 5.91 Å². The van der Waals surface area contributed by atoms with Gasteiger partial charge in [-0.25, -0.2) is 9.97 Å². The van der Waals surface area contributed by atoms with E-state index in [2.05, 4.69) is 45.8 Å². The minimum Gasteiger partial charge on any atom is -0.337 e. The summed E-state index contributed by atoms with van der Waals surface area (Å²) >= 11 is 0. The van der Waals surface area contributed by atoms with Crippen molar-refractivity contribution in [2.45, 2.75) is 59.2 Å². The number of likely N-dealkylation sites (tertiary alicyclic amines) is 1. The van der Waals surface area contributed by atoms with E-state index < -0.39 is 0 Å². The Morgan fingerprint density at radius 2 is 1.90 bits per heavy atom. The second-order valence-electron chi connectivity index (χ2n) is 8.35. The predicted molar refractivity (Wildman–Crippen MR) is 117 cm³/mol. The van der Waals surface area contributed by atoms with Crippen LogP contribution in [0.5, 0.6) is 0 Å². The highest BCUT2D eigenvalue weighted by Gasteiger charge is 2.25. The monoisotopic (exact) mass is 408 g/mol. The Hall–Kier alpha value is -2.67. The summed E-state index contributed by atoms with van der Waals surface area (Å²) < 4.78 is 4.22. The summed E-state index contributed by atoms with van der Waals surface area (Å²) in [5, 5.41) is 0. The second kappa shape index (κ2) is 9.00. The highest BCUT2D eigenvalue weighted by Crippen LogP contribution is 2.20. The van der Waals surface area contributed by atoms with Crippen molar-refractivity contribution < 1.29 is 4.79 Å². The molecule has 0 N–H and O–H groups in total. The molecule has 3 aromatic heterocycles. The van der Waals surface area contributed by atoms with E-state index in [-0.39, 0.29) is 5.91 Å². The molecule has 1 saturated heterocycles. The number of fused-ring (bicyclic) bond motifs is 1. The summed E-state index contributed by atoms with van der Waals surface area (Å²) in [6.07, 6.45) is 10.4. The van der Waals surface area contributed by atoms with Crippen LogP contribution in [0.4, 0.5) is 0 Å². The van der Waals surface area contributed by atoms with Crippen LogP contribution in [0.25, 0.3) is 5.65 Å².